The molecular weight excluding hydrogens is 210 g/mol. The van der Waals surface area contributed by atoms with Crippen molar-refractivity contribution in [3.63, 3.8) is 0 Å². The Labute approximate surface area is 89.2 Å². The Bertz CT molecular complexity index is 617. The Morgan fingerprint density at radius 1 is 0.938 bits per heavy atom. The molecule has 6 heteroatoms. The molecule has 2 rings (SSSR count). The molecule has 1 heterocycles. The van der Waals surface area contributed by atoms with E-state index < -0.39 is 17.1 Å². The maximum atomic E-state index is 11.4. The highest BCUT2D eigenvalue weighted by Gasteiger charge is 2.02. The van der Waals surface area contributed by atoms with E-state index in [-0.39, 0.29) is 6.54 Å². The highest BCUT2D eigenvalue weighted by molar-refractivity contribution is 5.14. The SMILES string of the molecule is O=c1[nH]c(=O)n(Cc2ccccc2)c(=O)[nH]1. The van der Waals surface area contributed by atoms with Crippen LogP contribution in [0.15, 0.2) is 44.7 Å². The van der Waals surface area contributed by atoms with Gasteiger partial charge < -0.3 is 0 Å². The zero-order valence-corrected chi connectivity index (χ0v) is 8.27. The van der Waals surface area contributed by atoms with Gasteiger partial charge in [-0.25, -0.2) is 19.0 Å². The predicted molar refractivity (Wildman–Crippen MR) is 57.5 cm³/mol. The third-order valence-electron chi connectivity index (χ3n) is 2.11. The van der Waals surface area contributed by atoms with E-state index in [1.165, 1.54) is 0 Å². The van der Waals surface area contributed by atoms with Crippen molar-refractivity contribution in [2.24, 2.45) is 0 Å². The minimum atomic E-state index is -0.792. The van der Waals surface area contributed by atoms with E-state index in [2.05, 4.69) is 0 Å². The first-order valence-corrected chi connectivity index (χ1v) is 4.64. The molecule has 2 aromatic rings. The van der Waals surface area contributed by atoms with Crippen LogP contribution in [0, 0.1) is 0 Å². The third-order valence-corrected chi connectivity index (χ3v) is 2.11. The van der Waals surface area contributed by atoms with Crippen molar-refractivity contribution >= 4 is 0 Å². The van der Waals surface area contributed by atoms with E-state index >= 15 is 0 Å². The van der Waals surface area contributed by atoms with E-state index in [1.807, 2.05) is 16.0 Å². The third kappa shape index (κ3) is 2.00. The Balaban J connectivity index is 2.48. The molecule has 82 valence electrons. The van der Waals surface area contributed by atoms with Gasteiger partial charge in [0.2, 0.25) is 0 Å². The Hall–Kier alpha value is -2.37. The molecule has 1 aromatic carbocycles. The highest BCUT2D eigenvalue weighted by atomic mass is 16.2. The lowest BCUT2D eigenvalue weighted by molar-refractivity contribution is 0.653. The highest BCUT2D eigenvalue weighted by Crippen LogP contribution is 1.97. The van der Waals surface area contributed by atoms with Crippen molar-refractivity contribution in [2.45, 2.75) is 6.54 Å². The number of aromatic nitrogens is 3. The van der Waals surface area contributed by atoms with Crippen LogP contribution in [0.4, 0.5) is 0 Å². The van der Waals surface area contributed by atoms with Gasteiger partial charge in [-0.3, -0.25) is 9.97 Å². The van der Waals surface area contributed by atoms with Crippen LogP contribution in [0.5, 0.6) is 0 Å². The first kappa shape index (κ1) is 10.2. The van der Waals surface area contributed by atoms with Crippen molar-refractivity contribution in [1.82, 2.24) is 14.5 Å². The molecule has 2 N–H and O–H groups in total. The predicted octanol–water partition coefficient (Wildman–Crippen LogP) is -0.727. The van der Waals surface area contributed by atoms with E-state index in [0.29, 0.717) is 0 Å². The molecule has 0 aliphatic rings. The first-order chi connectivity index (χ1) is 7.66. The molecule has 1 aromatic heterocycles. The van der Waals surface area contributed by atoms with Crippen molar-refractivity contribution in [2.75, 3.05) is 0 Å². The Morgan fingerprint density at radius 2 is 1.50 bits per heavy atom. The largest absolute Gasteiger partial charge is 0.333 e. The molecule has 0 unspecified atom stereocenters. The summed E-state index contributed by atoms with van der Waals surface area (Å²) < 4.78 is 0.927. The lowest BCUT2D eigenvalue weighted by atomic mass is 10.2. The molecule has 0 saturated heterocycles. The van der Waals surface area contributed by atoms with Gasteiger partial charge >= 0.3 is 17.1 Å². The van der Waals surface area contributed by atoms with Gasteiger partial charge in [-0.05, 0) is 5.56 Å². The normalized spacial score (nSPS) is 10.2. The van der Waals surface area contributed by atoms with Crippen LogP contribution < -0.4 is 17.1 Å². The van der Waals surface area contributed by atoms with Gasteiger partial charge in [0.1, 0.15) is 0 Å². The zero-order chi connectivity index (χ0) is 11.5. The average Bonchev–Trinajstić information content (AvgIpc) is 2.25. The first-order valence-electron chi connectivity index (χ1n) is 4.64. The quantitative estimate of drug-likeness (QED) is 0.698. The van der Waals surface area contributed by atoms with Gasteiger partial charge in [0.25, 0.3) is 0 Å². The standard InChI is InChI=1S/C10H9N3O3/c14-8-11-9(15)13(10(16)12-8)6-7-4-2-1-3-5-7/h1-5H,6H2,(H2,11,12,14,15,16). The molecular formula is C10H9N3O3. The van der Waals surface area contributed by atoms with Gasteiger partial charge in [-0.1, -0.05) is 30.3 Å². The monoisotopic (exact) mass is 219 g/mol. The maximum absolute atomic E-state index is 11.4. The number of hydrogen-bond donors (Lipinski definition) is 2. The van der Waals surface area contributed by atoms with Crippen molar-refractivity contribution in [3.8, 4) is 0 Å². The molecule has 6 nitrogen and oxygen atoms in total. The van der Waals surface area contributed by atoms with Gasteiger partial charge in [0.05, 0.1) is 6.54 Å². The lowest BCUT2D eigenvalue weighted by Crippen LogP contribution is -2.43. The summed E-state index contributed by atoms with van der Waals surface area (Å²) in [5, 5.41) is 0. The average molecular weight is 219 g/mol. The fourth-order valence-electron chi connectivity index (χ4n) is 1.36. The molecule has 0 saturated carbocycles. The number of nitrogens with one attached hydrogen (secondary N) is 2. The molecule has 0 aliphatic carbocycles. The maximum Gasteiger partial charge on any atom is 0.333 e. The van der Waals surface area contributed by atoms with E-state index in [4.69, 9.17) is 0 Å². The van der Waals surface area contributed by atoms with Crippen molar-refractivity contribution < 1.29 is 0 Å². The molecule has 0 fully saturated rings. The van der Waals surface area contributed by atoms with Gasteiger partial charge in [0.15, 0.2) is 0 Å². The zero-order valence-electron chi connectivity index (χ0n) is 8.27. The Morgan fingerprint density at radius 3 is 2.06 bits per heavy atom. The van der Waals surface area contributed by atoms with E-state index in [9.17, 15) is 14.4 Å². The van der Waals surface area contributed by atoms with Gasteiger partial charge in [-0.15, -0.1) is 0 Å². The summed E-state index contributed by atoms with van der Waals surface area (Å²) in [4.78, 5) is 37.5. The summed E-state index contributed by atoms with van der Waals surface area (Å²) in [7, 11) is 0. The van der Waals surface area contributed by atoms with Crippen molar-refractivity contribution in [1.29, 1.82) is 0 Å². The number of benzene rings is 1. The van der Waals surface area contributed by atoms with E-state index in [1.54, 1.807) is 24.3 Å². The minimum absolute atomic E-state index is 0.131. The van der Waals surface area contributed by atoms with Crippen LogP contribution >= 0.6 is 0 Å². The van der Waals surface area contributed by atoms with Crippen LogP contribution in [-0.2, 0) is 6.54 Å². The van der Waals surface area contributed by atoms with Crippen LogP contribution in [0.25, 0.3) is 0 Å². The lowest BCUT2D eigenvalue weighted by Gasteiger charge is -2.02. The van der Waals surface area contributed by atoms with Gasteiger partial charge in [-0.2, -0.15) is 0 Å². The smallest absolute Gasteiger partial charge is 0.259 e. The van der Waals surface area contributed by atoms with Gasteiger partial charge in [0, 0.05) is 0 Å². The number of nitrogens with zero attached hydrogens (tertiary/aromatic N) is 1. The summed E-state index contributed by atoms with van der Waals surface area (Å²) in [5.41, 5.74) is -1.41. The molecule has 0 spiro atoms. The molecule has 0 bridgehead atoms. The van der Waals surface area contributed by atoms with Crippen LogP contribution in [-0.4, -0.2) is 14.5 Å². The van der Waals surface area contributed by atoms with Crippen LogP contribution in [0.3, 0.4) is 0 Å². The fourth-order valence-corrected chi connectivity index (χ4v) is 1.36. The second kappa shape index (κ2) is 4.01. The minimum Gasteiger partial charge on any atom is -0.259 e. The van der Waals surface area contributed by atoms with Crippen LogP contribution in [0.1, 0.15) is 5.56 Å². The summed E-state index contributed by atoms with van der Waals surface area (Å²) >= 11 is 0. The van der Waals surface area contributed by atoms with Crippen molar-refractivity contribution in [3.05, 3.63) is 67.3 Å². The second-order valence-corrected chi connectivity index (χ2v) is 3.26. The fraction of sp³-hybridized carbons (Fsp3) is 0.100. The topological polar surface area (TPSA) is 87.7 Å². The summed E-state index contributed by atoms with van der Waals surface area (Å²) in [6, 6.07) is 9.03. The summed E-state index contributed by atoms with van der Waals surface area (Å²) in [5.74, 6) is 0. The summed E-state index contributed by atoms with van der Waals surface area (Å²) in [6.07, 6.45) is 0. The molecule has 0 radical (unpaired) electrons. The molecule has 0 aliphatic heterocycles. The molecule has 0 atom stereocenters. The molecule has 0 amide bonds. The number of rotatable bonds is 2. The molecule has 16 heavy (non-hydrogen) atoms. The Kier molecular flexibility index (Phi) is 2.55. The second-order valence-electron chi connectivity index (χ2n) is 3.26. The summed E-state index contributed by atoms with van der Waals surface area (Å²) in [6.45, 7) is 0.131. The number of aromatic amines is 2. The van der Waals surface area contributed by atoms with E-state index in [0.717, 1.165) is 10.1 Å². The number of hydrogen-bond acceptors (Lipinski definition) is 3. The van der Waals surface area contributed by atoms with Crippen LogP contribution in [0.2, 0.25) is 0 Å². The number of H-pyrrole nitrogens is 2.